The van der Waals surface area contributed by atoms with Gasteiger partial charge in [0.1, 0.15) is 10.7 Å². The second-order valence-corrected chi connectivity index (χ2v) is 6.81. The smallest absolute Gasteiger partial charge is 0.244 e. The maximum absolute atomic E-state index is 12.1. The molecule has 6 heteroatoms. The van der Waals surface area contributed by atoms with Gasteiger partial charge in [-0.2, -0.15) is 0 Å². The number of rotatable bonds is 5. The van der Waals surface area contributed by atoms with Crippen LogP contribution in [0.4, 0.5) is 5.82 Å². The summed E-state index contributed by atoms with van der Waals surface area (Å²) in [5, 5.41) is 0. The molecule has 0 bridgehead atoms. The average molecular weight is 283 g/mol. The highest BCUT2D eigenvalue weighted by atomic mass is 32.2. The number of nitrogens with zero attached hydrogens (tertiary/aromatic N) is 1. The quantitative estimate of drug-likeness (QED) is 0.864. The Morgan fingerprint density at radius 3 is 2.74 bits per heavy atom. The normalized spacial score (nSPS) is 17.5. The molecule has 19 heavy (non-hydrogen) atoms. The summed E-state index contributed by atoms with van der Waals surface area (Å²) in [5.74, 6) is 0.704. The molecule has 1 aliphatic carbocycles. The van der Waals surface area contributed by atoms with Crippen molar-refractivity contribution in [2.24, 2.45) is 5.92 Å². The Morgan fingerprint density at radius 2 is 2.05 bits per heavy atom. The molecule has 106 valence electrons. The monoisotopic (exact) mass is 283 g/mol. The third-order valence-electron chi connectivity index (χ3n) is 3.66. The van der Waals surface area contributed by atoms with Gasteiger partial charge in [-0.1, -0.05) is 32.1 Å². The van der Waals surface area contributed by atoms with Crippen molar-refractivity contribution in [2.45, 2.75) is 43.4 Å². The van der Waals surface area contributed by atoms with Crippen LogP contribution in [0.15, 0.2) is 23.2 Å². The Balaban J connectivity index is 1.89. The number of aromatic nitrogens is 1. The van der Waals surface area contributed by atoms with E-state index in [-0.39, 0.29) is 10.7 Å². The summed E-state index contributed by atoms with van der Waals surface area (Å²) in [6.45, 7) is 0.474. The molecule has 5 nitrogen and oxygen atoms in total. The molecule has 1 aliphatic rings. The minimum absolute atomic E-state index is 0.0488. The van der Waals surface area contributed by atoms with E-state index in [0.29, 0.717) is 12.5 Å². The van der Waals surface area contributed by atoms with E-state index >= 15 is 0 Å². The third kappa shape index (κ3) is 3.91. The third-order valence-corrected chi connectivity index (χ3v) is 5.17. The van der Waals surface area contributed by atoms with Crippen LogP contribution in [0, 0.1) is 5.92 Å². The lowest BCUT2D eigenvalue weighted by Crippen LogP contribution is -2.27. The van der Waals surface area contributed by atoms with Gasteiger partial charge in [-0.05, 0) is 24.5 Å². The van der Waals surface area contributed by atoms with Crippen molar-refractivity contribution in [2.75, 3.05) is 12.3 Å². The van der Waals surface area contributed by atoms with E-state index in [1.165, 1.54) is 44.4 Å². The van der Waals surface area contributed by atoms with Crippen LogP contribution in [0.25, 0.3) is 0 Å². The van der Waals surface area contributed by atoms with E-state index in [0.717, 1.165) is 6.42 Å². The van der Waals surface area contributed by atoms with Crippen molar-refractivity contribution in [1.29, 1.82) is 0 Å². The maximum Gasteiger partial charge on any atom is 0.244 e. The van der Waals surface area contributed by atoms with Crippen LogP contribution in [-0.2, 0) is 10.0 Å². The van der Waals surface area contributed by atoms with Crippen LogP contribution in [0.2, 0.25) is 0 Å². The molecule has 3 N–H and O–H groups in total. The van der Waals surface area contributed by atoms with Gasteiger partial charge in [-0.25, -0.2) is 18.1 Å². The predicted octanol–water partition coefficient (Wildman–Crippen LogP) is 1.91. The number of nitrogen functional groups attached to an aromatic ring is 1. The molecule has 1 heterocycles. The van der Waals surface area contributed by atoms with Gasteiger partial charge in [0.25, 0.3) is 0 Å². The zero-order valence-corrected chi connectivity index (χ0v) is 11.8. The number of sulfonamides is 1. The molecule has 0 spiro atoms. The Bertz CT molecular complexity index is 510. The first-order valence-corrected chi connectivity index (χ1v) is 8.28. The summed E-state index contributed by atoms with van der Waals surface area (Å²) >= 11 is 0. The molecule has 0 unspecified atom stereocenters. The van der Waals surface area contributed by atoms with Crippen LogP contribution >= 0.6 is 0 Å². The van der Waals surface area contributed by atoms with Gasteiger partial charge in [-0.15, -0.1) is 0 Å². The fourth-order valence-corrected chi connectivity index (χ4v) is 3.71. The minimum atomic E-state index is -3.53. The molecule has 0 aromatic carbocycles. The van der Waals surface area contributed by atoms with Gasteiger partial charge in [0.05, 0.1) is 0 Å². The van der Waals surface area contributed by atoms with Gasteiger partial charge in [0, 0.05) is 12.7 Å². The van der Waals surface area contributed by atoms with E-state index < -0.39 is 10.0 Å². The van der Waals surface area contributed by atoms with Crippen molar-refractivity contribution in [3.8, 4) is 0 Å². The molecule has 0 atom stereocenters. The summed E-state index contributed by atoms with van der Waals surface area (Å²) in [5.41, 5.74) is 5.59. The fourth-order valence-electron chi connectivity index (χ4n) is 2.58. The number of hydrogen-bond acceptors (Lipinski definition) is 4. The van der Waals surface area contributed by atoms with Gasteiger partial charge in [0.2, 0.25) is 10.0 Å². The first-order valence-electron chi connectivity index (χ1n) is 6.80. The first kappa shape index (κ1) is 14.3. The van der Waals surface area contributed by atoms with E-state index in [1.807, 2.05) is 0 Å². The standard InChI is InChI=1S/C13H21N3O2S/c14-13-12(7-4-9-15-13)19(17,18)16-10-8-11-5-2-1-3-6-11/h4,7,9,11,16H,1-3,5-6,8,10H2,(H2,14,15). The lowest BCUT2D eigenvalue weighted by molar-refractivity contribution is 0.339. The average Bonchev–Trinajstić information content (AvgIpc) is 2.40. The van der Waals surface area contributed by atoms with Crippen LogP contribution in [-0.4, -0.2) is 19.9 Å². The summed E-state index contributed by atoms with van der Waals surface area (Å²) < 4.78 is 26.7. The number of anilines is 1. The molecular weight excluding hydrogens is 262 g/mol. The highest BCUT2D eigenvalue weighted by molar-refractivity contribution is 7.89. The van der Waals surface area contributed by atoms with Crippen molar-refractivity contribution >= 4 is 15.8 Å². The predicted molar refractivity (Wildman–Crippen MR) is 75.0 cm³/mol. The Labute approximate surface area is 114 Å². The van der Waals surface area contributed by atoms with E-state index in [2.05, 4.69) is 9.71 Å². The summed E-state index contributed by atoms with van der Waals surface area (Å²) in [7, 11) is -3.53. The molecule has 1 fully saturated rings. The molecule has 1 aromatic heterocycles. The van der Waals surface area contributed by atoms with Crippen molar-refractivity contribution in [1.82, 2.24) is 9.71 Å². The van der Waals surface area contributed by atoms with Gasteiger partial charge < -0.3 is 5.73 Å². The van der Waals surface area contributed by atoms with Gasteiger partial charge in [-0.3, -0.25) is 0 Å². The summed E-state index contributed by atoms with van der Waals surface area (Å²) in [6.07, 6.45) is 8.68. The van der Waals surface area contributed by atoms with Crippen molar-refractivity contribution < 1.29 is 8.42 Å². The van der Waals surface area contributed by atoms with E-state index in [1.54, 1.807) is 6.07 Å². The Morgan fingerprint density at radius 1 is 1.32 bits per heavy atom. The van der Waals surface area contributed by atoms with Crippen LogP contribution < -0.4 is 10.5 Å². The Hall–Kier alpha value is -1.14. The largest absolute Gasteiger partial charge is 0.383 e. The van der Waals surface area contributed by atoms with Gasteiger partial charge in [0.15, 0.2) is 0 Å². The topological polar surface area (TPSA) is 85.1 Å². The molecule has 0 saturated heterocycles. The SMILES string of the molecule is Nc1ncccc1S(=O)(=O)NCCC1CCCCC1. The number of nitrogens with one attached hydrogen (secondary N) is 1. The van der Waals surface area contributed by atoms with Crippen LogP contribution in [0.5, 0.6) is 0 Å². The van der Waals surface area contributed by atoms with Crippen molar-refractivity contribution in [3.63, 3.8) is 0 Å². The highest BCUT2D eigenvalue weighted by Crippen LogP contribution is 2.26. The molecule has 0 aliphatic heterocycles. The second kappa shape index (κ2) is 6.34. The molecular formula is C13H21N3O2S. The first-order chi connectivity index (χ1) is 9.09. The summed E-state index contributed by atoms with van der Waals surface area (Å²) in [4.78, 5) is 3.87. The van der Waals surface area contributed by atoms with Crippen LogP contribution in [0.1, 0.15) is 38.5 Å². The number of nitrogens with two attached hydrogens (primary N) is 1. The summed E-state index contributed by atoms with van der Waals surface area (Å²) in [6, 6.07) is 3.05. The molecule has 1 aromatic rings. The highest BCUT2D eigenvalue weighted by Gasteiger charge is 2.19. The molecule has 0 amide bonds. The number of pyridine rings is 1. The van der Waals surface area contributed by atoms with E-state index in [9.17, 15) is 8.42 Å². The minimum Gasteiger partial charge on any atom is -0.383 e. The Kier molecular flexibility index (Phi) is 4.76. The van der Waals surface area contributed by atoms with Gasteiger partial charge >= 0.3 is 0 Å². The maximum atomic E-state index is 12.1. The van der Waals surface area contributed by atoms with E-state index in [4.69, 9.17) is 5.73 Å². The zero-order valence-electron chi connectivity index (χ0n) is 11.0. The number of hydrogen-bond donors (Lipinski definition) is 2. The molecule has 2 rings (SSSR count). The second-order valence-electron chi connectivity index (χ2n) is 5.08. The van der Waals surface area contributed by atoms with Crippen LogP contribution in [0.3, 0.4) is 0 Å². The molecule has 1 saturated carbocycles. The fraction of sp³-hybridized carbons (Fsp3) is 0.615. The lowest BCUT2D eigenvalue weighted by atomic mass is 9.87. The van der Waals surface area contributed by atoms with Crippen molar-refractivity contribution in [3.05, 3.63) is 18.3 Å². The lowest BCUT2D eigenvalue weighted by Gasteiger charge is -2.21. The zero-order chi connectivity index (χ0) is 13.7. The molecule has 0 radical (unpaired) electrons.